The van der Waals surface area contributed by atoms with E-state index in [2.05, 4.69) is 17.6 Å². The molecule has 3 nitrogen and oxygen atoms in total. The van der Waals surface area contributed by atoms with Crippen LogP contribution in [0.15, 0.2) is 18.2 Å². The van der Waals surface area contributed by atoms with Crippen molar-refractivity contribution in [1.82, 2.24) is 5.32 Å². The molecule has 0 spiro atoms. The molecule has 0 radical (unpaired) electrons. The zero-order valence-corrected chi connectivity index (χ0v) is 12.3. The Morgan fingerprint density at radius 3 is 2.95 bits per heavy atom. The van der Waals surface area contributed by atoms with Crippen molar-refractivity contribution in [2.45, 2.75) is 39.5 Å². The van der Waals surface area contributed by atoms with Gasteiger partial charge in [-0.1, -0.05) is 19.4 Å². The minimum atomic E-state index is -0.355. The van der Waals surface area contributed by atoms with Crippen LogP contribution in [-0.2, 0) is 4.79 Å². The normalized spacial score (nSPS) is 22.6. The third-order valence-electron chi connectivity index (χ3n) is 4.13. The van der Waals surface area contributed by atoms with Gasteiger partial charge in [-0.05, 0) is 50.4 Å². The molecule has 1 aliphatic heterocycles. The van der Waals surface area contributed by atoms with Crippen LogP contribution in [0.1, 0.15) is 38.2 Å². The van der Waals surface area contributed by atoms with Crippen molar-refractivity contribution in [1.29, 1.82) is 0 Å². The summed E-state index contributed by atoms with van der Waals surface area (Å²) in [4.78, 5) is 12.7. The Morgan fingerprint density at radius 2 is 2.30 bits per heavy atom. The highest BCUT2D eigenvalue weighted by Crippen LogP contribution is 2.33. The second-order valence-electron chi connectivity index (χ2n) is 5.72. The molecule has 2 N–H and O–H groups in total. The highest BCUT2D eigenvalue weighted by atomic mass is 19.1. The number of carbonyl (C=O) groups excluding carboxylic acids is 1. The first-order valence-electron chi connectivity index (χ1n) is 7.36. The van der Waals surface area contributed by atoms with Crippen molar-refractivity contribution < 1.29 is 9.18 Å². The zero-order chi connectivity index (χ0) is 14.6. The molecular weight excluding hydrogens is 255 g/mol. The predicted octanol–water partition coefficient (Wildman–Crippen LogP) is 3.24. The van der Waals surface area contributed by atoms with E-state index in [4.69, 9.17) is 0 Å². The number of amides is 1. The number of hydrogen-bond donors (Lipinski definition) is 2. The molecule has 110 valence electrons. The maximum Gasteiger partial charge on any atom is 0.231 e. The molecule has 0 bridgehead atoms. The molecule has 1 fully saturated rings. The lowest BCUT2D eigenvalue weighted by Crippen LogP contribution is -2.48. The minimum Gasteiger partial charge on any atom is -0.325 e. The van der Waals surface area contributed by atoms with Crippen LogP contribution < -0.4 is 10.6 Å². The minimum absolute atomic E-state index is 0.0141. The van der Waals surface area contributed by atoms with E-state index in [1.54, 1.807) is 6.07 Å². The van der Waals surface area contributed by atoms with Gasteiger partial charge in [-0.2, -0.15) is 0 Å². The van der Waals surface area contributed by atoms with Gasteiger partial charge in [0, 0.05) is 12.2 Å². The van der Waals surface area contributed by atoms with E-state index < -0.39 is 0 Å². The van der Waals surface area contributed by atoms with Gasteiger partial charge < -0.3 is 10.6 Å². The lowest BCUT2D eigenvalue weighted by Gasteiger charge is -2.36. The summed E-state index contributed by atoms with van der Waals surface area (Å²) in [5.41, 5.74) is 1.11. The Hall–Kier alpha value is -1.42. The second-order valence-corrected chi connectivity index (χ2v) is 5.72. The smallest absolute Gasteiger partial charge is 0.231 e. The maximum absolute atomic E-state index is 13.3. The fourth-order valence-electron chi connectivity index (χ4n) is 2.95. The summed E-state index contributed by atoms with van der Waals surface area (Å²) in [6.07, 6.45) is 3.74. The van der Waals surface area contributed by atoms with Crippen LogP contribution in [0.5, 0.6) is 0 Å². The van der Waals surface area contributed by atoms with Gasteiger partial charge in [-0.25, -0.2) is 4.39 Å². The molecule has 2 rings (SSSR count). The van der Waals surface area contributed by atoms with E-state index in [-0.39, 0.29) is 17.1 Å². The van der Waals surface area contributed by atoms with Gasteiger partial charge in [0.05, 0.1) is 5.41 Å². The highest BCUT2D eigenvalue weighted by molar-refractivity contribution is 5.96. The van der Waals surface area contributed by atoms with Crippen LogP contribution in [0.4, 0.5) is 10.1 Å². The SMILES string of the molecule is CCCC1(C(=O)Nc2cc(F)ccc2C)CCCNC1. The van der Waals surface area contributed by atoms with Crippen LogP contribution in [0.3, 0.4) is 0 Å². The fraction of sp³-hybridized carbons (Fsp3) is 0.562. The largest absolute Gasteiger partial charge is 0.325 e. The molecule has 0 aliphatic carbocycles. The second kappa shape index (κ2) is 6.35. The van der Waals surface area contributed by atoms with Gasteiger partial charge in [0.1, 0.15) is 5.82 Å². The van der Waals surface area contributed by atoms with Gasteiger partial charge in [0.2, 0.25) is 5.91 Å². The van der Waals surface area contributed by atoms with Crippen LogP contribution in [0, 0.1) is 18.2 Å². The number of nitrogens with one attached hydrogen (secondary N) is 2. The van der Waals surface area contributed by atoms with Crippen molar-refractivity contribution in [2.75, 3.05) is 18.4 Å². The predicted molar refractivity (Wildman–Crippen MR) is 79.2 cm³/mol. The van der Waals surface area contributed by atoms with Crippen LogP contribution >= 0.6 is 0 Å². The van der Waals surface area contributed by atoms with Crippen molar-refractivity contribution >= 4 is 11.6 Å². The lowest BCUT2D eigenvalue weighted by atomic mass is 9.76. The summed E-state index contributed by atoms with van der Waals surface area (Å²) < 4.78 is 13.3. The molecule has 1 aliphatic rings. The van der Waals surface area contributed by atoms with E-state index >= 15 is 0 Å². The monoisotopic (exact) mass is 278 g/mol. The van der Waals surface area contributed by atoms with Crippen LogP contribution in [-0.4, -0.2) is 19.0 Å². The highest BCUT2D eigenvalue weighted by Gasteiger charge is 2.38. The van der Waals surface area contributed by atoms with Gasteiger partial charge >= 0.3 is 0 Å². The van der Waals surface area contributed by atoms with Gasteiger partial charge in [-0.15, -0.1) is 0 Å². The molecule has 1 saturated heterocycles. The molecule has 1 aromatic rings. The Bertz CT molecular complexity index is 476. The molecule has 0 aromatic heterocycles. The first-order valence-corrected chi connectivity index (χ1v) is 7.36. The first kappa shape index (κ1) is 15.0. The van der Waals surface area contributed by atoms with Crippen molar-refractivity contribution in [3.8, 4) is 0 Å². The molecule has 4 heteroatoms. The molecule has 1 heterocycles. The van der Waals surface area contributed by atoms with E-state index in [1.165, 1.54) is 12.1 Å². The number of hydrogen-bond acceptors (Lipinski definition) is 2. The average molecular weight is 278 g/mol. The van der Waals surface area contributed by atoms with Crippen molar-refractivity contribution in [3.05, 3.63) is 29.6 Å². The summed E-state index contributed by atoms with van der Waals surface area (Å²) in [5.74, 6) is -0.308. The van der Waals surface area contributed by atoms with Gasteiger partial charge in [0.25, 0.3) is 0 Å². The molecule has 1 aromatic carbocycles. The van der Waals surface area contributed by atoms with Crippen LogP contribution in [0.25, 0.3) is 0 Å². The van der Waals surface area contributed by atoms with E-state index in [1.807, 2.05) is 6.92 Å². The number of anilines is 1. The number of halogens is 1. The Kier molecular flexibility index (Phi) is 4.76. The third-order valence-corrected chi connectivity index (χ3v) is 4.13. The molecule has 20 heavy (non-hydrogen) atoms. The lowest BCUT2D eigenvalue weighted by molar-refractivity contribution is -0.127. The Balaban J connectivity index is 2.18. The number of piperidine rings is 1. The number of carbonyl (C=O) groups is 1. The molecular formula is C16H23FN2O. The maximum atomic E-state index is 13.3. The number of aryl methyl sites for hydroxylation is 1. The molecule has 1 amide bonds. The van der Waals surface area contributed by atoms with Crippen LogP contribution in [0.2, 0.25) is 0 Å². The standard InChI is InChI=1S/C16H23FN2O/c1-3-7-16(8-4-9-18-11-16)15(20)19-14-10-13(17)6-5-12(14)2/h5-6,10,18H,3-4,7-9,11H2,1-2H3,(H,19,20). The summed E-state index contributed by atoms with van der Waals surface area (Å²) in [5, 5.41) is 6.25. The Labute approximate surface area is 120 Å². The first-order chi connectivity index (χ1) is 9.57. The Morgan fingerprint density at radius 1 is 1.50 bits per heavy atom. The fourth-order valence-corrected chi connectivity index (χ4v) is 2.95. The van der Waals surface area contributed by atoms with Gasteiger partial charge in [0.15, 0.2) is 0 Å². The molecule has 0 saturated carbocycles. The summed E-state index contributed by atoms with van der Waals surface area (Å²) in [6, 6.07) is 4.49. The quantitative estimate of drug-likeness (QED) is 0.887. The van der Waals surface area contributed by atoms with Crippen molar-refractivity contribution in [2.24, 2.45) is 5.41 Å². The molecule has 1 unspecified atom stereocenters. The average Bonchev–Trinajstić information content (AvgIpc) is 2.44. The van der Waals surface area contributed by atoms with Crippen molar-refractivity contribution in [3.63, 3.8) is 0 Å². The summed E-state index contributed by atoms with van der Waals surface area (Å²) in [7, 11) is 0. The van der Waals surface area contributed by atoms with E-state index in [0.29, 0.717) is 12.2 Å². The summed E-state index contributed by atoms with van der Waals surface area (Å²) >= 11 is 0. The number of rotatable bonds is 4. The molecule has 1 atom stereocenters. The topological polar surface area (TPSA) is 41.1 Å². The number of benzene rings is 1. The summed E-state index contributed by atoms with van der Waals surface area (Å²) in [6.45, 7) is 5.65. The van der Waals surface area contributed by atoms with E-state index in [0.717, 1.165) is 37.8 Å². The van der Waals surface area contributed by atoms with Gasteiger partial charge in [-0.3, -0.25) is 4.79 Å². The zero-order valence-electron chi connectivity index (χ0n) is 12.3. The third kappa shape index (κ3) is 3.18. The van der Waals surface area contributed by atoms with E-state index in [9.17, 15) is 9.18 Å².